The third-order valence-corrected chi connectivity index (χ3v) is 3.93. The fourth-order valence-electron chi connectivity index (χ4n) is 2.61. The van der Waals surface area contributed by atoms with Crippen molar-refractivity contribution in [1.82, 2.24) is 0 Å². The first-order chi connectivity index (χ1) is 13.2. The van der Waals surface area contributed by atoms with Crippen LogP contribution in [-0.2, 0) is 11.3 Å². The van der Waals surface area contributed by atoms with Gasteiger partial charge < -0.3 is 18.9 Å². The van der Waals surface area contributed by atoms with E-state index in [9.17, 15) is 4.79 Å². The lowest BCUT2D eigenvalue weighted by Gasteiger charge is -2.14. The summed E-state index contributed by atoms with van der Waals surface area (Å²) in [6.45, 7) is 0.0716. The second kappa shape index (κ2) is 8.76. The van der Waals surface area contributed by atoms with E-state index in [1.54, 1.807) is 18.2 Å². The van der Waals surface area contributed by atoms with Crippen molar-refractivity contribution in [3.8, 4) is 23.0 Å². The predicted molar refractivity (Wildman–Crippen MR) is 102 cm³/mol. The number of benzene rings is 3. The highest BCUT2D eigenvalue weighted by Crippen LogP contribution is 2.32. The van der Waals surface area contributed by atoms with Crippen molar-refractivity contribution in [1.29, 1.82) is 0 Å². The smallest absolute Gasteiger partial charge is 0.342 e. The molecule has 0 fully saturated rings. The fraction of sp³-hybridized carbons (Fsp3) is 0.136. The van der Waals surface area contributed by atoms with E-state index in [0.29, 0.717) is 28.6 Å². The van der Waals surface area contributed by atoms with Gasteiger partial charge in [-0.05, 0) is 30.3 Å². The van der Waals surface area contributed by atoms with E-state index < -0.39 is 5.97 Å². The molecule has 0 unspecified atom stereocenters. The van der Waals surface area contributed by atoms with Gasteiger partial charge in [-0.3, -0.25) is 0 Å². The van der Waals surface area contributed by atoms with Gasteiger partial charge in [0, 0.05) is 5.56 Å². The Labute approximate surface area is 158 Å². The summed E-state index contributed by atoms with van der Waals surface area (Å²) in [5.41, 5.74) is 1.06. The number of hydrogen-bond donors (Lipinski definition) is 0. The molecular weight excluding hydrogens is 344 g/mol. The van der Waals surface area contributed by atoms with Crippen molar-refractivity contribution in [2.24, 2.45) is 0 Å². The third-order valence-electron chi connectivity index (χ3n) is 3.93. The number of methoxy groups -OCH3 is 2. The van der Waals surface area contributed by atoms with Crippen LogP contribution < -0.4 is 14.2 Å². The molecule has 5 nitrogen and oxygen atoms in total. The quantitative estimate of drug-likeness (QED) is 0.561. The van der Waals surface area contributed by atoms with E-state index in [2.05, 4.69) is 0 Å². The summed E-state index contributed by atoms with van der Waals surface area (Å²) in [5.74, 6) is 1.67. The van der Waals surface area contributed by atoms with Crippen LogP contribution in [0, 0.1) is 0 Å². The molecule has 3 aromatic carbocycles. The second-order valence-electron chi connectivity index (χ2n) is 5.64. The number of para-hydroxylation sites is 3. The topological polar surface area (TPSA) is 54.0 Å². The summed E-state index contributed by atoms with van der Waals surface area (Å²) < 4.78 is 21.9. The molecule has 0 radical (unpaired) electrons. The molecule has 0 N–H and O–H groups in total. The lowest BCUT2D eigenvalue weighted by atomic mass is 10.2. The molecule has 0 aliphatic rings. The molecule has 3 aromatic rings. The maximum atomic E-state index is 12.5. The molecule has 0 atom stereocenters. The van der Waals surface area contributed by atoms with E-state index in [4.69, 9.17) is 18.9 Å². The Morgan fingerprint density at radius 3 is 2.22 bits per heavy atom. The molecule has 0 bridgehead atoms. The monoisotopic (exact) mass is 364 g/mol. The maximum Gasteiger partial charge on any atom is 0.342 e. The van der Waals surface area contributed by atoms with Crippen molar-refractivity contribution in [3.63, 3.8) is 0 Å². The Kier molecular flexibility index (Phi) is 5.94. The van der Waals surface area contributed by atoms with E-state index in [1.807, 2.05) is 54.6 Å². The minimum Gasteiger partial charge on any atom is -0.493 e. The average Bonchev–Trinajstić information content (AvgIpc) is 2.73. The van der Waals surface area contributed by atoms with Gasteiger partial charge in [0.2, 0.25) is 0 Å². The van der Waals surface area contributed by atoms with Gasteiger partial charge in [0.1, 0.15) is 23.7 Å². The third kappa shape index (κ3) is 4.39. The number of carbonyl (C=O) groups is 1. The van der Waals surface area contributed by atoms with Gasteiger partial charge in [-0.15, -0.1) is 0 Å². The molecule has 0 amide bonds. The van der Waals surface area contributed by atoms with Crippen LogP contribution in [0.2, 0.25) is 0 Å². The van der Waals surface area contributed by atoms with Gasteiger partial charge in [0.05, 0.1) is 14.2 Å². The highest BCUT2D eigenvalue weighted by Gasteiger charge is 2.18. The Morgan fingerprint density at radius 2 is 1.48 bits per heavy atom. The van der Waals surface area contributed by atoms with Crippen molar-refractivity contribution in [3.05, 3.63) is 83.9 Å². The highest BCUT2D eigenvalue weighted by atomic mass is 16.5. The Balaban J connectivity index is 1.75. The van der Waals surface area contributed by atoms with Crippen molar-refractivity contribution in [2.75, 3.05) is 14.2 Å². The standard InChI is InChI=1S/C22H20O5/c1-24-20-14-8-12-18(21(20)25-2)22(23)26-15-16-9-6-7-13-19(16)27-17-10-4-3-5-11-17/h3-14H,15H2,1-2H3. The van der Waals surface area contributed by atoms with Gasteiger partial charge >= 0.3 is 5.97 Å². The number of ether oxygens (including phenoxy) is 4. The van der Waals surface area contributed by atoms with Gasteiger partial charge in [-0.2, -0.15) is 0 Å². The molecule has 0 aromatic heterocycles. The number of carbonyl (C=O) groups excluding carboxylic acids is 1. The lowest BCUT2D eigenvalue weighted by molar-refractivity contribution is 0.0466. The van der Waals surface area contributed by atoms with Crippen molar-refractivity contribution >= 4 is 5.97 Å². The first-order valence-corrected chi connectivity index (χ1v) is 8.42. The summed E-state index contributed by atoms with van der Waals surface area (Å²) in [7, 11) is 3.00. The van der Waals surface area contributed by atoms with Crippen LogP contribution in [0.15, 0.2) is 72.8 Å². The predicted octanol–water partition coefficient (Wildman–Crippen LogP) is 4.85. The van der Waals surface area contributed by atoms with Crippen LogP contribution in [0.3, 0.4) is 0 Å². The zero-order valence-corrected chi connectivity index (χ0v) is 15.2. The SMILES string of the molecule is COc1cccc(C(=O)OCc2ccccc2Oc2ccccc2)c1OC. The molecule has 5 heteroatoms. The first-order valence-electron chi connectivity index (χ1n) is 8.42. The highest BCUT2D eigenvalue weighted by molar-refractivity contribution is 5.93. The van der Waals surface area contributed by atoms with Crippen LogP contribution in [0.4, 0.5) is 0 Å². The van der Waals surface area contributed by atoms with E-state index in [0.717, 1.165) is 5.56 Å². The summed E-state index contributed by atoms with van der Waals surface area (Å²) in [4.78, 5) is 12.5. The van der Waals surface area contributed by atoms with E-state index in [1.165, 1.54) is 14.2 Å². The molecule has 0 spiro atoms. The molecule has 0 aliphatic carbocycles. The number of rotatable bonds is 7. The molecular formula is C22H20O5. The first kappa shape index (κ1) is 18.3. The molecule has 0 saturated carbocycles. The van der Waals surface area contributed by atoms with Gasteiger partial charge in [0.15, 0.2) is 11.5 Å². The van der Waals surface area contributed by atoms with E-state index >= 15 is 0 Å². The van der Waals surface area contributed by atoms with Gasteiger partial charge in [0.25, 0.3) is 0 Å². The maximum absolute atomic E-state index is 12.5. The van der Waals surface area contributed by atoms with E-state index in [-0.39, 0.29) is 6.61 Å². The molecule has 0 saturated heterocycles. The summed E-state index contributed by atoms with van der Waals surface area (Å²) in [6.07, 6.45) is 0. The van der Waals surface area contributed by atoms with Crippen molar-refractivity contribution in [2.45, 2.75) is 6.61 Å². The molecule has 0 heterocycles. The molecule has 0 aliphatic heterocycles. The van der Waals surface area contributed by atoms with Crippen LogP contribution in [-0.4, -0.2) is 20.2 Å². The van der Waals surface area contributed by atoms with Crippen LogP contribution >= 0.6 is 0 Å². The molecule has 138 valence electrons. The summed E-state index contributed by atoms with van der Waals surface area (Å²) in [5, 5.41) is 0. The zero-order valence-electron chi connectivity index (χ0n) is 15.2. The summed E-state index contributed by atoms with van der Waals surface area (Å²) >= 11 is 0. The number of hydrogen-bond acceptors (Lipinski definition) is 5. The van der Waals surface area contributed by atoms with Crippen molar-refractivity contribution < 1.29 is 23.7 Å². The zero-order chi connectivity index (χ0) is 19.1. The molecule has 27 heavy (non-hydrogen) atoms. The van der Waals surface area contributed by atoms with Crippen LogP contribution in [0.1, 0.15) is 15.9 Å². The number of esters is 1. The average molecular weight is 364 g/mol. The Bertz CT molecular complexity index is 906. The normalized spacial score (nSPS) is 10.1. The summed E-state index contributed by atoms with van der Waals surface area (Å²) in [6, 6.07) is 21.9. The Hall–Kier alpha value is -3.47. The molecule has 3 rings (SSSR count). The second-order valence-corrected chi connectivity index (χ2v) is 5.64. The largest absolute Gasteiger partial charge is 0.493 e. The van der Waals surface area contributed by atoms with Gasteiger partial charge in [-0.1, -0.05) is 42.5 Å². The lowest BCUT2D eigenvalue weighted by Crippen LogP contribution is -2.08. The fourth-order valence-corrected chi connectivity index (χ4v) is 2.61. The van der Waals surface area contributed by atoms with Crippen LogP contribution in [0.25, 0.3) is 0 Å². The van der Waals surface area contributed by atoms with Crippen LogP contribution in [0.5, 0.6) is 23.0 Å². The minimum absolute atomic E-state index is 0.0716. The van der Waals surface area contributed by atoms with Gasteiger partial charge in [-0.25, -0.2) is 4.79 Å². The Morgan fingerprint density at radius 1 is 0.778 bits per heavy atom. The minimum atomic E-state index is -0.500.